The van der Waals surface area contributed by atoms with E-state index in [1.54, 1.807) is 6.33 Å². The van der Waals surface area contributed by atoms with Crippen molar-refractivity contribution in [2.45, 2.75) is 24.0 Å². The van der Waals surface area contributed by atoms with Crippen LogP contribution >= 0.6 is 11.8 Å². The molecule has 1 heterocycles. The van der Waals surface area contributed by atoms with Gasteiger partial charge in [-0.3, -0.25) is 0 Å². The van der Waals surface area contributed by atoms with E-state index in [1.807, 2.05) is 18.0 Å². The summed E-state index contributed by atoms with van der Waals surface area (Å²) in [6.07, 6.45) is 11.0. The van der Waals surface area contributed by atoms with Gasteiger partial charge in [0.05, 0.1) is 4.75 Å². The molecule has 0 aliphatic heterocycles. The SMILES string of the molecule is CSC1(/C=N/n2cncn2)CCC1. The molecule has 1 saturated carbocycles. The van der Waals surface area contributed by atoms with Crippen LogP contribution in [0.15, 0.2) is 17.8 Å². The van der Waals surface area contributed by atoms with E-state index in [0.29, 0.717) is 0 Å². The van der Waals surface area contributed by atoms with Crippen LogP contribution in [0.2, 0.25) is 0 Å². The highest BCUT2D eigenvalue weighted by molar-refractivity contribution is 8.00. The number of aromatic nitrogens is 3. The Labute approximate surface area is 81.4 Å². The van der Waals surface area contributed by atoms with Gasteiger partial charge in [-0.15, -0.1) is 9.89 Å². The lowest BCUT2D eigenvalue weighted by molar-refractivity contribution is 0.460. The first-order chi connectivity index (χ1) is 6.35. The minimum atomic E-state index is 0.270. The summed E-state index contributed by atoms with van der Waals surface area (Å²) in [6.45, 7) is 0. The molecular weight excluding hydrogens is 184 g/mol. The Morgan fingerprint density at radius 2 is 2.46 bits per heavy atom. The van der Waals surface area contributed by atoms with Crippen molar-refractivity contribution in [1.29, 1.82) is 0 Å². The van der Waals surface area contributed by atoms with Crippen molar-refractivity contribution < 1.29 is 0 Å². The number of hydrogen-bond acceptors (Lipinski definition) is 4. The van der Waals surface area contributed by atoms with Crippen molar-refractivity contribution in [3.8, 4) is 0 Å². The number of nitrogens with zero attached hydrogens (tertiary/aromatic N) is 4. The molecule has 2 rings (SSSR count). The van der Waals surface area contributed by atoms with E-state index in [9.17, 15) is 0 Å². The Morgan fingerprint density at radius 1 is 1.62 bits per heavy atom. The van der Waals surface area contributed by atoms with E-state index in [4.69, 9.17) is 0 Å². The van der Waals surface area contributed by atoms with Crippen molar-refractivity contribution in [2.75, 3.05) is 6.26 Å². The average Bonchev–Trinajstić information content (AvgIpc) is 2.56. The van der Waals surface area contributed by atoms with Crippen molar-refractivity contribution in [2.24, 2.45) is 5.10 Å². The second kappa shape index (κ2) is 3.49. The quantitative estimate of drug-likeness (QED) is 0.686. The number of hydrogen-bond donors (Lipinski definition) is 0. The summed E-state index contributed by atoms with van der Waals surface area (Å²) in [5.41, 5.74) is 0. The maximum absolute atomic E-state index is 4.23. The lowest BCUT2D eigenvalue weighted by Gasteiger charge is -2.36. The van der Waals surface area contributed by atoms with Gasteiger partial charge in [0.25, 0.3) is 0 Å². The van der Waals surface area contributed by atoms with Gasteiger partial charge in [0.15, 0.2) is 0 Å². The summed E-state index contributed by atoms with van der Waals surface area (Å²) in [5, 5.41) is 8.14. The molecule has 0 bridgehead atoms. The van der Waals surface area contributed by atoms with Crippen LogP contribution in [0.3, 0.4) is 0 Å². The highest BCUT2D eigenvalue weighted by Gasteiger charge is 2.34. The molecule has 13 heavy (non-hydrogen) atoms. The third-order valence-electron chi connectivity index (χ3n) is 2.42. The highest BCUT2D eigenvalue weighted by Crippen LogP contribution is 2.41. The van der Waals surface area contributed by atoms with E-state index in [1.165, 1.54) is 30.4 Å². The van der Waals surface area contributed by atoms with Crippen LogP contribution in [-0.4, -0.2) is 32.1 Å². The lowest BCUT2D eigenvalue weighted by Crippen LogP contribution is -2.34. The van der Waals surface area contributed by atoms with Gasteiger partial charge in [-0.05, 0) is 25.5 Å². The van der Waals surface area contributed by atoms with E-state index < -0.39 is 0 Å². The van der Waals surface area contributed by atoms with Crippen molar-refractivity contribution in [3.63, 3.8) is 0 Å². The van der Waals surface area contributed by atoms with Crippen LogP contribution in [0.25, 0.3) is 0 Å². The molecule has 1 aromatic rings. The summed E-state index contributed by atoms with van der Waals surface area (Å²) in [7, 11) is 0. The molecule has 0 aromatic carbocycles. The summed E-state index contributed by atoms with van der Waals surface area (Å²) >= 11 is 1.87. The average molecular weight is 196 g/mol. The summed E-state index contributed by atoms with van der Waals surface area (Å²) in [4.78, 5) is 5.32. The maximum Gasteiger partial charge on any atom is 0.139 e. The summed E-state index contributed by atoms with van der Waals surface area (Å²) in [6, 6.07) is 0. The largest absolute Gasteiger partial charge is 0.221 e. The first-order valence-corrected chi connectivity index (χ1v) is 5.52. The maximum atomic E-state index is 4.23. The Balaban J connectivity index is 2.04. The van der Waals surface area contributed by atoms with Gasteiger partial charge in [0.1, 0.15) is 12.7 Å². The van der Waals surface area contributed by atoms with Gasteiger partial charge >= 0.3 is 0 Å². The topological polar surface area (TPSA) is 43.1 Å². The third-order valence-corrected chi connectivity index (χ3v) is 3.75. The molecule has 5 heteroatoms. The fourth-order valence-electron chi connectivity index (χ4n) is 1.34. The minimum Gasteiger partial charge on any atom is -0.221 e. The molecule has 70 valence electrons. The van der Waals surface area contributed by atoms with Gasteiger partial charge in [-0.1, -0.05) is 0 Å². The van der Waals surface area contributed by atoms with Crippen LogP contribution in [-0.2, 0) is 0 Å². The fraction of sp³-hybridized carbons (Fsp3) is 0.625. The first kappa shape index (κ1) is 8.74. The fourth-order valence-corrected chi connectivity index (χ4v) is 2.19. The molecule has 1 aromatic heterocycles. The van der Waals surface area contributed by atoms with Gasteiger partial charge in [0, 0.05) is 6.21 Å². The van der Waals surface area contributed by atoms with Crippen molar-refractivity contribution in [3.05, 3.63) is 12.7 Å². The molecule has 1 fully saturated rings. The van der Waals surface area contributed by atoms with E-state index in [-0.39, 0.29) is 4.75 Å². The van der Waals surface area contributed by atoms with Crippen LogP contribution < -0.4 is 0 Å². The van der Waals surface area contributed by atoms with Crippen LogP contribution in [0, 0.1) is 0 Å². The zero-order chi connectivity index (χ0) is 9.15. The highest BCUT2D eigenvalue weighted by atomic mass is 32.2. The molecule has 0 N–H and O–H groups in total. The third kappa shape index (κ3) is 1.75. The van der Waals surface area contributed by atoms with Gasteiger partial charge in [-0.2, -0.15) is 16.9 Å². The van der Waals surface area contributed by atoms with Crippen LogP contribution in [0.5, 0.6) is 0 Å². The molecule has 0 atom stereocenters. The van der Waals surface area contributed by atoms with Crippen molar-refractivity contribution >= 4 is 18.0 Å². The summed E-state index contributed by atoms with van der Waals surface area (Å²) < 4.78 is 0.270. The van der Waals surface area contributed by atoms with Gasteiger partial charge < -0.3 is 0 Å². The molecule has 1 aliphatic rings. The molecule has 0 radical (unpaired) electrons. The van der Waals surface area contributed by atoms with Crippen LogP contribution in [0.4, 0.5) is 0 Å². The Morgan fingerprint density at radius 3 is 2.92 bits per heavy atom. The predicted octanol–water partition coefficient (Wildman–Crippen LogP) is 1.40. The number of thioether (sulfide) groups is 1. The summed E-state index contributed by atoms with van der Waals surface area (Å²) in [5.74, 6) is 0. The molecule has 4 nitrogen and oxygen atoms in total. The molecule has 1 aliphatic carbocycles. The normalized spacial score (nSPS) is 20.4. The molecule has 0 saturated heterocycles. The van der Waals surface area contributed by atoms with E-state index in [0.717, 1.165) is 0 Å². The molecule has 0 unspecified atom stereocenters. The zero-order valence-corrected chi connectivity index (χ0v) is 8.37. The van der Waals surface area contributed by atoms with Gasteiger partial charge in [0.2, 0.25) is 0 Å². The Kier molecular flexibility index (Phi) is 2.35. The number of rotatable bonds is 3. The van der Waals surface area contributed by atoms with E-state index in [2.05, 4.69) is 21.4 Å². The molecule has 0 amide bonds. The predicted molar refractivity (Wildman–Crippen MR) is 54.0 cm³/mol. The van der Waals surface area contributed by atoms with Gasteiger partial charge in [-0.25, -0.2) is 4.98 Å². The monoisotopic (exact) mass is 196 g/mol. The second-order valence-electron chi connectivity index (χ2n) is 3.18. The smallest absolute Gasteiger partial charge is 0.139 e. The molecular formula is C8H12N4S. The Hall–Kier alpha value is -0.840. The Bertz CT molecular complexity index is 284. The molecule has 0 spiro atoms. The minimum absolute atomic E-state index is 0.270. The zero-order valence-electron chi connectivity index (χ0n) is 7.55. The first-order valence-electron chi connectivity index (χ1n) is 4.30. The van der Waals surface area contributed by atoms with Crippen molar-refractivity contribution in [1.82, 2.24) is 14.9 Å². The second-order valence-corrected chi connectivity index (χ2v) is 4.40. The van der Waals surface area contributed by atoms with Crippen LogP contribution in [0.1, 0.15) is 19.3 Å². The van der Waals surface area contributed by atoms with E-state index >= 15 is 0 Å². The lowest BCUT2D eigenvalue weighted by atomic mass is 9.85. The standard InChI is InChI=1S/C8H12N4S/c1-13-8(3-2-4-8)5-10-12-7-9-6-11-12/h5-7H,2-4H2,1H3/b10-5+.